The Hall–Kier alpha value is -1.76. The van der Waals surface area contributed by atoms with Gasteiger partial charge in [0.25, 0.3) is 0 Å². The number of aromatic nitrogens is 1. The molecule has 1 aliphatic heterocycles. The fourth-order valence-corrected chi connectivity index (χ4v) is 4.20. The van der Waals surface area contributed by atoms with Gasteiger partial charge in [-0.2, -0.15) is 0 Å². The van der Waals surface area contributed by atoms with Crippen molar-refractivity contribution in [3.8, 4) is 0 Å². The lowest BCUT2D eigenvalue weighted by Gasteiger charge is -2.28. The van der Waals surface area contributed by atoms with Crippen LogP contribution in [0.3, 0.4) is 0 Å². The van der Waals surface area contributed by atoms with Crippen LogP contribution >= 0.6 is 0 Å². The Balaban J connectivity index is 1.79. The fourth-order valence-electron chi connectivity index (χ4n) is 3.38. The first kappa shape index (κ1) is 17.1. The number of nitrogens with one attached hydrogen (secondary N) is 1. The normalized spacial score (nSPS) is 21.9. The smallest absolute Gasteiger partial charge is 0.209 e. The standard InChI is InChI=1S/C18H23N3O2S/c1-24(22,23)20-17-9-11-21(14-15-6-3-2-4-7-15)18(17)12-16-8-5-10-19-13-16/h2-8,10,13,17-18,20H,9,11-12,14H2,1H3/t17-,18+/m1/s1. The van der Waals surface area contributed by atoms with Crippen LogP contribution < -0.4 is 4.72 Å². The number of hydrogen-bond donors (Lipinski definition) is 1. The second kappa shape index (κ2) is 7.42. The third-order valence-corrected chi connectivity index (χ3v) is 5.15. The molecule has 0 bridgehead atoms. The molecule has 3 rings (SSSR count). The second-order valence-corrected chi connectivity index (χ2v) is 8.15. The lowest BCUT2D eigenvalue weighted by Crippen LogP contribution is -2.45. The van der Waals surface area contributed by atoms with Gasteiger partial charge in [0.1, 0.15) is 0 Å². The Bertz CT molecular complexity index is 750. The molecule has 5 nitrogen and oxygen atoms in total. The highest BCUT2D eigenvalue weighted by Crippen LogP contribution is 2.24. The molecule has 1 fully saturated rings. The van der Waals surface area contributed by atoms with Crippen molar-refractivity contribution in [2.75, 3.05) is 12.8 Å². The van der Waals surface area contributed by atoms with Crippen molar-refractivity contribution in [2.24, 2.45) is 0 Å². The van der Waals surface area contributed by atoms with Crippen molar-refractivity contribution in [1.82, 2.24) is 14.6 Å². The number of hydrogen-bond acceptors (Lipinski definition) is 4. The number of likely N-dealkylation sites (tertiary alicyclic amines) is 1. The van der Waals surface area contributed by atoms with Crippen LogP contribution in [0.15, 0.2) is 54.9 Å². The fraction of sp³-hybridized carbons (Fsp3) is 0.389. The number of nitrogens with zero attached hydrogens (tertiary/aromatic N) is 2. The molecule has 1 aliphatic rings. The van der Waals surface area contributed by atoms with Crippen LogP contribution in [0.25, 0.3) is 0 Å². The number of sulfonamides is 1. The third-order valence-electron chi connectivity index (χ3n) is 4.42. The molecule has 0 spiro atoms. The van der Waals surface area contributed by atoms with Crippen molar-refractivity contribution < 1.29 is 8.42 Å². The zero-order chi connectivity index (χ0) is 17.0. The van der Waals surface area contributed by atoms with E-state index < -0.39 is 10.0 Å². The molecule has 24 heavy (non-hydrogen) atoms. The highest BCUT2D eigenvalue weighted by molar-refractivity contribution is 7.88. The lowest BCUT2D eigenvalue weighted by molar-refractivity contribution is 0.231. The highest BCUT2D eigenvalue weighted by Gasteiger charge is 2.35. The van der Waals surface area contributed by atoms with Gasteiger partial charge in [-0.1, -0.05) is 36.4 Å². The molecule has 1 aromatic heterocycles. The van der Waals surface area contributed by atoms with Gasteiger partial charge in [0.2, 0.25) is 10.0 Å². The Kier molecular flexibility index (Phi) is 5.28. The van der Waals surface area contributed by atoms with Gasteiger partial charge in [0, 0.05) is 37.6 Å². The number of benzene rings is 1. The third kappa shape index (κ3) is 4.63. The van der Waals surface area contributed by atoms with Gasteiger partial charge in [-0.3, -0.25) is 9.88 Å². The van der Waals surface area contributed by atoms with Gasteiger partial charge < -0.3 is 0 Å². The van der Waals surface area contributed by atoms with E-state index in [9.17, 15) is 8.42 Å². The van der Waals surface area contributed by atoms with E-state index in [2.05, 4.69) is 26.7 Å². The lowest BCUT2D eigenvalue weighted by atomic mass is 10.0. The quantitative estimate of drug-likeness (QED) is 0.867. The average Bonchev–Trinajstić information content (AvgIpc) is 2.90. The molecule has 0 aliphatic carbocycles. The van der Waals surface area contributed by atoms with Crippen LogP contribution in [0.1, 0.15) is 17.5 Å². The molecule has 6 heteroatoms. The Morgan fingerprint density at radius 2 is 1.92 bits per heavy atom. The predicted molar refractivity (Wildman–Crippen MR) is 95.0 cm³/mol. The maximum atomic E-state index is 11.7. The summed E-state index contributed by atoms with van der Waals surface area (Å²) < 4.78 is 26.2. The van der Waals surface area contributed by atoms with E-state index in [4.69, 9.17) is 0 Å². The summed E-state index contributed by atoms with van der Waals surface area (Å²) in [7, 11) is -3.22. The van der Waals surface area contributed by atoms with Crippen molar-refractivity contribution in [1.29, 1.82) is 0 Å². The highest BCUT2D eigenvalue weighted by atomic mass is 32.2. The van der Waals surface area contributed by atoms with Gasteiger partial charge in [-0.25, -0.2) is 13.1 Å². The van der Waals surface area contributed by atoms with Gasteiger partial charge in [0.15, 0.2) is 0 Å². The zero-order valence-corrected chi connectivity index (χ0v) is 14.6. The van der Waals surface area contributed by atoms with Crippen LogP contribution in [0.5, 0.6) is 0 Å². The van der Waals surface area contributed by atoms with Crippen LogP contribution in [0.2, 0.25) is 0 Å². The first-order valence-electron chi connectivity index (χ1n) is 8.15. The zero-order valence-electron chi connectivity index (χ0n) is 13.8. The van der Waals surface area contributed by atoms with Gasteiger partial charge in [0.05, 0.1) is 6.26 Å². The molecule has 0 unspecified atom stereocenters. The van der Waals surface area contributed by atoms with Crippen molar-refractivity contribution in [3.05, 3.63) is 66.0 Å². The van der Waals surface area contributed by atoms with E-state index in [1.165, 1.54) is 11.8 Å². The monoisotopic (exact) mass is 345 g/mol. The molecule has 0 saturated carbocycles. The van der Waals surface area contributed by atoms with Gasteiger partial charge in [-0.05, 0) is 30.0 Å². The van der Waals surface area contributed by atoms with Crippen molar-refractivity contribution >= 4 is 10.0 Å². The average molecular weight is 345 g/mol. The Morgan fingerprint density at radius 3 is 2.58 bits per heavy atom. The van der Waals surface area contributed by atoms with Crippen molar-refractivity contribution in [2.45, 2.75) is 31.5 Å². The summed E-state index contributed by atoms with van der Waals surface area (Å²) in [6, 6.07) is 14.3. The molecule has 2 heterocycles. The molecular weight excluding hydrogens is 322 g/mol. The summed E-state index contributed by atoms with van der Waals surface area (Å²) in [6.07, 6.45) is 6.45. The second-order valence-electron chi connectivity index (χ2n) is 6.37. The molecule has 1 saturated heterocycles. The minimum Gasteiger partial charge on any atom is -0.294 e. The maximum absolute atomic E-state index is 11.7. The van der Waals surface area contributed by atoms with Gasteiger partial charge in [-0.15, -0.1) is 0 Å². The van der Waals surface area contributed by atoms with E-state index in [0.29, 0.717) is 0 Å². The molecule has 2 aromatic rings. The Morgan fingerprint density at radius 1 is 1.17 bits per heavy atom. The number of pyridine rings is 1. The minimum absolute atomic E-state index is 0.0658. The van der Waals surface area contributed by atoms with Crippen molar-refractivity contribution in [3.63, 3.8) is 0 Å². The van der Waals surface area contributed by atoms with Crippen LogP contribution in [0, 0.1) is 0 Å². The van der Waals surface area contributed by atoms with Crippen LogP contribution in [-0.2, 0) is 23.0 Å². The Labute approximate surface area is 143 Å². The molecule has 128 valence electrons. The van der Waals surface area contributed by atoms with Crippen LogP contribution in [-0.4, -0.2) is 43.2 Å². The summed E-state index contributed by atoms with van der Waals surface area (Å²) in [4.78, 5) is 6.54. The summed E-state index contributed by atoms with van der Waals surface area (Å²) in [5, 5.41) is 0. The topological polar surface area (TPSA) is 62.3 Å². The maximum Gasteiger partial charge on any atom is 0.209 e. The summed E-state index contributed by atoms with van der Waals surface area (Å²) in [5.74, 6) is 0. The summed E-state index contributed by atoms with van der Waals surface area (Å²) >= 11 is 0. The molecular formula is C18H23N3O2S. The van der Waals surface area contributed by atoms with Crippen LogP contribution in [0.4, 0.5) is 0 Å². The van der Waals surface area contributed by atoms with Gasteiger partial charge >= 0.3 is 0 Å². The molecule has 1 aromatic carbocycles. The first-order chi connectivity index (χ1) is 11.5. The summed E-state index contributed by atoms with van der Waals surface area (Å²) in [5.41, 5.74) is 2.37. The molecule has 1 N–H and O–H groups in total. The van der Waals surface area contributed by atoms with E-state index in [-0.39, 0.29) is 12.1 Å². The predicted octanol–water partition coefficient (Wildman–Crippen LogP) is 1.82. The summed E-state index contributed by atoms with van der Waals surface area (Å²) in [6.45, 7) is 1.71. The minimum atomic E-state index is -3.22. The van der Waals surface area contributed by atoms with E-state index in [1.807, 2.05) is 36.5 Å². The van der Waals surface area contributed by atoms with E-state index in [0.717, 1.165) is 31.5 Å². The largest absolute Gasteiger partial charge is 0.294 e. The molecule has 0 radical (unpaired) electrons. The van der Waals surface area contributed by atoms with E-state index >= 15 is 0 Å². The van der Waals surface area contributed by atoms with E-state index in [1.54, 1.807) is 6.20 Å². The molecule has 2 atom stereocenters. The SMILES string of the molecule is CS(=O)(=O)N[C@@H]1CCN(Cc2ccccc2)[C@H]1Cc1cccnc1. The molecule has 0 amide bonds. The number of rotatable bonds is 6. The first-order valence-corrected chi connectivity index (χ1v) is 10.0.